The first-order chi connectivity index (χ1) is 4.29. The maximum atomic E-state index is 10.3. The molecule has 1 amide bonds. The molecule has 0 aromatic heterocycles. The van der Waals surface area contributed by atoms with Gasteiger partial charge in [0, 0.05) is 6.42 Å². The third kappa shape index (κ3) is 5.30. The van der Waals surface area contributed by atoms with Crippen molar-refractivity contribution in [2.45, 2.75) is 12.8 Å². The molecule has 1 fully saturated rings. The molecule has 1 aliphatic rings. The van der Waals surface area contributed by atoms with E-state index in [1.807, 2.05) is 0 Å². The van der Waals surface area contributed by atoms with Crippen molar-refractivity contribution in [2.75, 3.05) is 13.1 Å². The molecule has 0 aliphatic carbocycles. The summed E-state index contributed by atoms with van der Waals surface area (Å²) in [4.78, 5) is 10.3. The van der Waals surface area contributed by atoms with E-state index in [1.54, 1.807) is 0 Å². The fourth-order valence-electron chi connectivity index (χ4n) is 1.17. The van der Waals surface area contributed by atoms with Crippen molar-refractivity contribution in [1.29, 1.82) is 0 Å². The molecule has 0 aromatic rings. The highest BCUT2D eigenvalue weighted by Crippen LogP contribution is 2.10. The van der Waals surface area contributed by atoms with Crippen LogP contribution in [0.1, 0.15) is 12.8 Å². The zero-order valence-electron chi connectivity index (χ0n) is 6.21. The highest BCUT2D eigenvalue weighted by atomic mass is 35.5. The molecule has 1 unspecified atom stereocenters. The van der Waals surface area contributed by atoms with Crippen molar-refractivity contribution in [2.24, 2.45) is 11.7 Å². The molecule has 1 aliphatic heterocycles. The Balaban J connectivity index is 0. The zero-order valence-corrected chi connectivity index (χ0v) is 7.84. The van der Waals surface area contributed by atoms with Gasteiger partial charge in [-0.2, -0.15) is 0 Å². The van der Waals surface area contributed by atoms with E-state index in [9.17, 15) is 4.79 Å². The summed E-state index contributed by atoms with van der Waals surface area (Å²) < 4.78 is 0. The molecule has 1 heterocycles. The monoisotopic (exact) mass is 200 g/mol. The van der Waals surface area contributed by atoms with E-state index >= 15 is 0 Å². The summed E-state index contributed by atoms with van der Waals surface area (Å²) in [7, 11) is 0. The van der Waals surface area contributed by atoms with Gasteiger partial charge in [-0.3, -0.25) is 4.79 Å². The maximum absolute atomic E-state index is 10.3. The minimum absolute atomic E-state index is 0. The lowest BCUT2D eigenvalue weighted by atomic mass is 10.1. The normalized spacial score (nSPS) is 21.6. The number of carbonyl (C=O) groups is 1. The van der Waals surface area contributed by atoms with Crippen molar-refractivity contribution in [3.63, 3.8) is 0 Å². The van der Waals surface area contributed by atoms with Gasteiger partial charge in [0.1, 0.15) is 0 Å². The van der Waals surface area contributed by atoms with Crippen LogP contribution < -0.4 is 11.1 Å². The van der Waals surface area contributed by atoms with Gasteiger partial charge in [0.25, 0.3) is 0 Å². The van der Waals surface area contributed by atoms with Gasteiger partial charge in [-0.25, -0.2) is 0 Å². The van der Waals surface area contributed by atoms with Crippen LogP contribution in [0.5, 0.6) is 0 Å². The van der Waals surface area contributed by atoms with E-state index in [2.05, 4.69) is 5.32 Å². The average Bonchev–Trinajstić information content (AvgIpc) is 2.15. The van der Waals surface area contributed by atoms with E-state index in [-0.39, 0.29) is 30.7 Å². The summed E-state index contributed by atoms with van der Waals surface area (Å²) in [6.07, 6.45) is 1.65. The summed E-state index contributed by atoms with van der Waals surface area (Å²) in [6.45, 7) is 2.00. The second-order valence-corrected chi connectivity index (χ2v) is 2.53. The lowest BCUT2D eigenvalue weighted by Crippen LogP contribution is -2.18. The van der Waals surface area contributed by atoms with Crippen molar-refractivity contribution >= 4 is 30.7 Å². The van der Waals surface area contributed by atoms with E-state index in [1.165, 1.54) is 0 Å². The van der Waals surface area contributed by atoms with Gasteiger partial charge in [0.05, 0.1) is 0 Å². The summed E-state index contributed by atoms with van der Waals surface area (Å²) in [5.41, 5.74) is 5.01. The first-order valence-electron chi connectivity index (χ1n) is 3.28. The lowest BCUT2D eigenvalue weighted by Gasteiger charge is -2.01. The Morgan fingerprint density at radius 1 is 1.55 bits per heavy atom. The average molecular weight is 201 g/mol. The predicted molar refractivity (Wildman–Crippen MR) is 49.3 cm³/mol. The maximum Gasteiger partial charge on any atom is 0.217 e. The van der Waals surface area contributed by atoms with E-state index in [0.29, 0.717) is 12.3 Å². The number of nitrogens with two attached hydrogens (primary N) is 1. The van der Waals surface area contributed by atoms with Gasteiger partial charge >= 0.3 is 0 Å². The Morgan fingerprint density at radius 2 is 2.18 bits per heavy atom. The van der Waals surface area contributed by atoms with Crippen molar-refractivity contribution in [1.82, 2.24) is 5.32 Å². The van der Waals surface area contributed by atoms with Gasteiger partial charge in [-0.1, -0.05) is 0 Å². The Labute approximate surface area is 78.9 Å². The van der Waals surface area contributed by atoms with Crippen LogP contribution in [0.4, 0.5) is 0 Å². The van der Waals surface area contributed by atoms with Crippen LogP contribution in [-0.4, -0.2) is 19.0 Å². The van der Waals surface area contributed by atoms with Gasteiger partial charge in [-0.05, 0) is 25.4 Å². The van der Waals surface area contributed by atoms with Crippen LogP contribution in [0.25, 0.3) is 0 Å². The fraction of sp³-hybridized carbons (Fsp3) is 0.833. The molecule has 3 nitrogen and oxygen atoms in total. The fourth-order valence-corrected chi connectivity index (χ4v) is 1.17. The zero-order chi connectivity index (χ0) is 6.69. The molecule has 0 aromatic carbocycles. The van der Waals surface area contributed by atoms with Gasteiger partial charge in [0.15, 0.2) is 0 Å². The van der Waals surface area contributed by atoms with Crippen LogP contribution in [0.3, 0.4) is 0 Å². The number of halogens is 2. The molecule has 0 saturated carbocycles. The Bertz CT molecular complexity index is 115. The minimum Gasteiger partial charge on any atom is -0.370 e. The molecular formula is C6H14Cl2N2O. The summed E-state index contributed by atoms with van der Waals surface area (Å²) in [5.74, 6) is 0.325. The lowest BCUT2D eigenvalue weighted by molar-refractivity contribution is -0.118. The number of primary amides is 1. The second-order valence-electron chi connectivity index (χ2n) is 2.53. The highest BCUT2D eigenvalue weighted by molar-refractivity contribution is 5.85. The first kappa shape index (κ1) is 13.6. The van der Waals surface area contributed by atoms with Crippen LogP contribution in [0.2, 0.25) is 0 Å². The number of amides is 1. The molecule has 3 N–H and O–H groups in total. The molecule has 0 spiro atoms. The van der Waals surface area contributed by atoms with Gasteiger partial charge in [0.2, 0.25) is 5.91 Å². The predicted octanol–water partition coefficient (Wildman–Crippen LogP) is 0.315. The largest absolute Gasteiger partial charge is 0.370 e. The van der Waals surface area contributed by atoms with Crippen LogP contribution in [0.15, 0.2) is 0 Å². The number of hydrogen-bond donors (Lipinski definition) is 2. The number of carbonyl (C=O) groups excluding carboxylic acids is 1. The molecule has 68 valence electrons. The Morgan fingerprint density at radius 3 is 2.55 bits per heavy atom. The SMILES string of the molecule is Cl.Cl.NC(=O)CC1CCNC1. The van der Waals surface area contributed by atoms with Gasteiger partial charge < -0.3 is 11.1 Å². The van der Waals surface area contributed by atoms with Crippen molar-refractivity contribution in [3.8, 4) is 0 Å². The standard InChI is InChI=1S/C6H12N2O.2ClH/c7-6(9)3-5-1-2-8-4-5;;/h5,8H,1-4H2,(H2,7,9);2*1H. The van der Waals surface area contributed by atoms with Crippen LogP contribution >= 0.6 is 24.8 Å². The minimum atomic E-state index is -0.177. The highest BCUT2D eigenvalue weighted by Gasteiger charge is 2.15. The number of rotatable bonds is 2. The number of nitrogens with one attached hydrogen (secondary N) is 1. The van der Waals surface area contributed by atoms with E-state index in [0.717, 1.165) is 19.5 Å². The molecular weight excluding hydrogens is 187 g/mol. The van der Waals surface area contributed by atoms with Crippen molar-refractivity contribution < 1.29 is 4.79 Å². The Hall–Kier alpha value is 0.01000. The molecule has 1 saturated heterocycles. The van der Waals surface area contributed by atoms with Crippen molar-refractivity contribution in [3.05, 3.63) is 0 Å². The third-order valence-electron chi connectivity index (χ3n) is 1.65. The topological polar surface area (TPSA) is 55.1 Å². The molecule has 11 heavy (non-hydrogen) atoms. The smallest absolute Gasteiger partial charge is 0.217 e. The second kappa shape index (κ2) is 6.70. The van der Waals surface area contributed by atoms with Crippen LogP contribution in [-0.2, 0) is 4.79 Å². The van der Waals surface area contributed by atoms with E-state index in [4.69, 9.17) is 5.73 Å². The quantitative estimate of drug-likeness (QED) is 0.675. The molecule has 1 rings (SSSR count). The third-order valence-corrected chi connectivity index (χ3v) is 1.65. The Kier molecular flexibility index (Phi) is 8.28. The summed E-state index contributed by atoms with van der Waals surface area (Å²) in [5, 5.41) is 3.17. The summed E-state index contributed by atoms with van der Waals surface area (Å²) in [6, 6.07) is 0. The van der Waals surface area contributed by atoms with Gasteiger partial charge in [-0.15, -0.1) is 24.8 Å². The first-order valence-corrected chi connectivity index (χ1v) is 3.28. The summed E-state index contributed by atoms with van der Waals surface area (Å²) >= 11 is 0. The van der Waals surface area contributed by atoms with E-state index < -0.39 is 0 Å². The molecule has 0 bridgehead atoms. The molecule has 0 radical (unpaired) electrons. The molecule has 1 atom stereocenters. The number of hydrogen-bond acceptors (Lipinski definition) is 2. The van der Waals surface area contributed by atoms with Crippen LogP contribution in [0, 0.1) is 5.92 Å². The molecule has 5 heteroatoms.